The van der Waals surface area contributed by atoms with E-state index in [-0.39, 0.29) is 18.0 Å². The lowest BCUT2D eigenvalue weighted by Gasteiger charge is -2.25. The summed E-state index contributed by atoms with van der Waals surface area (Å²) in [6.07, 6.45) is 1.69. The van der Waals surface area contributed by atoms with Gasteiger partial charge in [-0.15, -0.1) is 0 Å². The van der Waals surface area contributed by atoms with Crippen molar-refractivity contribution in [3.8, 4) is 0 Å². The summed E-state index contributed by atoms with van der Waals surface area (Å²) < 4.78 is 0. The highest BCUT2D eigenvalue weighted by atomic mass is 16.1. The normalized spacial score (nSPS) is 12.3. The smallest absolute Gasteiger partial charge is 0.255 e. The summed E-state index contributed by atoms with van der Waals surface area (Å²) in [5.74, 6) is 0.502. The molecule has 25 heavy (non-hydrogen) atoms. The van der Waals surface area contributed by atoms with Crippen molar-refractivity contribution in [2.45, 2.75) is 32.9 Å². The van der Waals surface area contributed by atoms with Crippen LogP contribution in [0.5, 0.6) is 0 Å². The van der Waals surface area contributed by atoms with Crippen molar-refractivity contribution < 1.29 is 4.79 Å². The second kappa shape index (κ2) is 8.62. The molecule has 0 saturated heterocycles. The molecule has 5 heteroatoms. The summed E-state index contributed by atoms with van der Waals surface area (Å²) in [6, 6.07) is 12.3. The molecule has 2 N–H and O–H groups in total. The molecule has 1 aromatic heterocycles. The van der Waals surface area contributed by atoms with Gasteiger partial charge in [0.2, 0.25) is 0 Å². The fraction of sp³-hybridized carbons (Fsp3) is 0.400. The van der Waals surface area contributed by atoms with E-state index >= 15 is 0 Å². The number of amides is 1. The van der Waals surface area contributed by atoms with E-state index in [1.165, 1.54) is 11.1 Å². The fourth-order valence-corrected chi connectivity index (χ4v) is 2.65. The molecule has 0 bridgehead atoms. The summed E-state index contributed by atoms with van der Waals surface area (Å²) in [5, 5.41) is 6.27. The van der Waals surface area contributed by atoms with E-state index in [0.29, 0.717) is 17.9 Å². The predicted molar refractivity (Wildman–Crippen MR) is 103 cm³/mol. The van der Waals surface area contributed by atoms with Gasteiger partial charge in [-0.1, -0.05) is 29.8 Å². The number of anilines is 1. The third kappa shape index (κ3) is 5.29. The van der Waals surface area contributed by atoms with Crippen LogP contribution in [0.2, 0.25) is 0 Å². The Morgan fingerprint density at radius 3 is 2.44 bits per heavy atom. The van der Waals surface area contributed by atoms with Crippen LogP contribution in [-0.4, -0.2) is 42.5 Å². The minimum Gasteiger partial charge on any atom is -0.367 e. The number of aromatic nitrogens is 1. The van der Waals surface area contributed by atoms with Crippen LogP contribution in [0.15, 0.2) is 42.6 Å². The first kappa shape index (κ1) is 18.9. The van der Waals surface area contributed by atoms with E-state index in [2.05, 4.69) is 51.7 Å². The average molecular weight is 340 g/mol. The van der Waals surface area contributed by atoms with E-state index in [1.807, 2.05) is 27.9 Å². The zero-order chi connectivity index (χ0) is 18.4. The number of rotatable bonds is 7. The highest BCUT2D eigenvalue weighted by Crippen LogP contribution is 2.19. The third-order valence-electron chi connectivity index (χ3n) is 4.02. The lowest BCUT2D eigenvalue weighted by Crippen LogP contribution is -2.35. The van der Waals surface area contributed by atoms with Crippen LogP contribution in [0, 0.1) is 6.92 Å². The number of carbonyl (C=O) groups is 1. The van der Waals surface area contributed by atoms with Gasteiger partial charge in [0, 0.05) is 18.8 Å². The highest BCUT2D eigenvalue weighted by molar-refractivity contribution is 5.98. The minimum absolute atomic E-state index is 0.114. The number of aryl methyl sites for hydroxylation is 1. The van der Waals surface area contributed by atoms with E-state index in [0.717, 1.165) is 0 Å². The first-order valence-corrected chi connectivity index (χ1v) is 8.61. The molecule has 1 aromatic carbocycles. The Hall–Kier alpha value is -2.40. The Morgan fingerprint density at radius 1 is 1.16 bits per heavy atom. The molecule has 0 aliphatic carbocycles. The summed E-state index contributed by atoms with van der Waals surface area (Å²) in [6.45, 7) is 6.65. The van der Waals surface area contributed by atoms with Crippen LogP contribution >= 0.6 is 0 Å². The summed E-state index contributed by atoms with van der Waals surface area (Å²) in [4.78, 5) is 19.1. The van der Waals surface area contributed by atoms with Gasteiger partial charge in [0.05, 0.1) is 11.6 Å². The lowest BCUT2D eigenvalue weighted by atomic mass is 10.0. The monoisotopic (exact) mass is 340 g/mol. The van der Waals surface area contributed by atoms with Crippen LogP contribution in [-0.2, 0) is 0 Å². The molecular formula is C20H28N4O. The Kier molecular flexibility index (Phi) is 6.53. The molecule has 0 saturated carbocycles. The van der Waals surface area contributed by atoms with Gasteiger partial charge in [-0.25, -0.2) is 4.98 Å². The van der Waals surface area contributed by atoms with Gasteiger partial charge in [-0.3, -0.25) is 4.79 Å². The number of pyridine rings is 1. The van der Waals surface area contributed by atoms with Gasteiger partial charge in [0.25, 0.3) is 5.91 Å². The molecule has 1 heterocycles. The molecular weight excluding hydrogens is 312 g/mol. The van der Waals surface area contributed by atoms with Crippen molar-refractivity contribution in [2.75, 3.05) is 26.0 Å². The molecule has 1 amide bonds. The number of hydrogen-bond donors (Lipinski definition) is 2. The Balaban J connectivity index is 2.10. The Labute approximate surface area is 150 Å². The number of carbonyl (C=O) groups excluding carboxylic acids is 1. The minimum atomic E-state index is -0.116. The highest BCUT2D eigenvalue weighted by Gasteiger charge is 2.18. The fourth-order valence-electron chi connectivity index (χ4n) is 2.65. The molecule has 0 aliphatic heterocycles. The van der Waals surface area contributed by atoms with Gasteiger partial charge in [0.15, 0.2) is 0 Å². The number of nitrogens with one attached hydrogen (secondary N) is 2. The molecule has 2 aromatic rings. The first-order valence-electron chi connectivity index (χ1n) is 8.61. The van der Waals surface area contributed by atoms with E-state index in [1.54, 1.807) is 18.3 Å². The third-order valence-corrected chi connectivity index (χ3v) is 4.02. The number of hydrogen-bond acceptors (Lipinski definition) is 4. The average Bonchev–Trinajstić information content (AvgIpc) is 2.56. The Bertz CT molecular complexity index is 695. The molecule has 134 valence electrons. The maximum absolute atomic E-state index is 12.6. The van der Waals surface area contributed by atoms with Gasteiger partial charge in [-0.2, -0.15) is 0 Å². The van der Waals surface area contributed by atoms with Crippen LogP contribution in [0.25, 0.3) is 0 Å². The molecule has 1 atom stereocenters. The van der Waals surface area contributed by atoms with Crippen molar-refractivity contribution >= 4 is 11.7 Å². The van der Waals surface area contributed by atoms with Crippen molar-refractivity contribution in [3.05, 3.63) is 59.3 Å². The van der Waals surface area contributed by atoms with Crippen LogP contribution < -0.4 is 10.6 Å². The zero-order valence-electron chi connectivity index (χ0n) is 15.7. The summed E-state index contributed by atoms with van der Waals surface area (Å²) in [5.41, 5.74) is 2.98. The van der Waals surface area contributed by atoms with Crippen LogP contribution in [0.4, 0.5) is 5.82 Å². The topological polar surface area (TPSA) is 57.3 Å². The second-order valence-electron chi connectivity index (χ2n) is 6.80. The van der Waals surface area contributed by atoms with Gasteiger partial charge >= 0.3 is 0 Å². The zero-order valence-corrected chi connectivity index (χ0v) is 15.7. The van der Waals surface area contributed by atoms with Crippen molar-refractivity contribution in [3.63, 3.8) is 0 Å². The van der Waals surface area contributed by atoms with Crippen LogP contribution in [0.1, 0.15) is 41.4 Å². The number of benzene rings is 1. The predicted octanol–water partition coefficient (Wildman–Crippen LogP) is 3.24. The van der Waals surface area contributed by atoms with E-state index in [9.17, 15) is 4.79 Å². The lowest BCUT2D eigenvalue weighted by molar-refractivity contribution is 0.0942. The molecule has 0 aliphatic rings. The standard InChI is InChI=1S/C20H28N4O/c1-14(2)23-19-17(7-6-12-21-19)20(25)22-13-18(24(4)5)16-10-8-15(3)9-11-16/h6-12,14,18H,13H2,1-5H3,(H,21,23)(H,22,25). The summed E-state index contributed by atoms with van der Waals surface area (Å²) >= 11 is 0. The van der Waals surface area contributed by atoms with Crippen molar-refractivity contribution in [2.24, 2.45) is 0 Å². The largest absolute Gasteiger partial charge is 0.367 e. The first-order chi connectivity index (χ1) is 11.9. The number of nitrogens with zero attached hydrogens (tertiary/aromatic N) is 2. The quantitative estimate of drug-likeness (QED) is 0.812. The van der Waals surface area contributed by atoms with Crippen molar-refractivity contribution in [1.29, 1.82) is 0 Å². The SMILES string of the molecule is Cc1ccc(C(CNC(=O)c2cccnc2NC(C)C)N(C)C)cc1. The molecule has 0 radical (unpaired) electrons. The molecule has 1 unspecified atom stereocenters. The van der Waals surface area contributed by atoms with Gasteiger partial charge in [0.1, 0.15) is 5.82 Å². The summed E-state index contributed by atoms with van der Waals surface area (Å²) in [7, 11) is 4.04. The maximum Gasteiger partial charge on any atom is 0.255 e. The van der Waals surface area contributed by atoms with Crippen molar-refractivity contribution in [1.82, 2.24) is 15.2 Å². The number of likely N-dealkylation sites (N-methyl/N-ethyl adjacent to an activating group) is 1. The van der Waals surface area contributed by atoms with E-state index in [4.69, 9.17) is 0 Å². The molecule has 0 spiro atoms. The maximum atomic E-state index is 12.6. The van der Waals surface area contributed by atoms with Crippen LogP contribution in [0.3, 0.4) is 0 Å². The Morgan fingerprint density at radius 2 is 1.84 bits per heavy atom. The van der Waals surface area contributed by atoms with E-state index < -0.39 is 0 Å². The second-order valence-corrected chi connectivity index (χ2v) is 6.80. The molecule has 5 nitrogen and oxygen atoms in total. The molecule has 0 fully saturated rings. The van der Waals surface area contributed by atoms with Gasteiger partial charge in [-0.05, 0) is 52.6 Å². The molecule has 2 rings (SSSR count). The van der Waals surface area contributed by atoms with Gasteiger partial charge < -0.3 is 15.5 Å².